The van der Waals surface area contributed by atoms with Crippen LogP contribution >= 0.6 is 10.7 Å². The van der Waals surface area contributed by atoms with E-state index in [4.69, 9.17) is 10.7 Å². The van der Waals surface area contributed by atoms with E-state index in [0.29, 0.717) is 12.3 Å². The Kier molecular flexibility index (Phi) is 2.75. The van der Waals surface area contributed by atoms with Crippen LogP contribution < -0.4 is 0 Å². The first-order valence-corrected chi connectivity index (χ1v) is 6.01. The van der Waals surface area contributed by atoms with Gasteiger partial charge in [-0.3, -0.25) is 0 Å². The van der Waals surface area contributed by atoms with Gasteiger partial charge < -0.3 is 0 Å². The van der Waals surface area contributed by atoms with Crippen LogP contribution in [0.1, 0.15) is 19.3 Å². The fourth-order valence-corrected chi connectivity index (χ4v) is 1.98. The summed E-state index contributed by atoms with van der Waals surface area (Å²) in [5.41, 5.74) is 0. The molecule has 66 valence electrons. The lowest BCUT2D eigenvalue weighted by atomic mass is 10.2. The minimum atomic E-state index is -3.64. The highest BCUT2D eigenvalue weighted by Gasteiger charge is 2.27. The summed E-state index contributed by atoms with van der Waals surface area (Å²) in [4.78, 5) is 0. The van der Waals surface area contributed by atoms with Crippen molar-refractivity contribution in [3.05, 3.63) is 0 Å². The largest absolute Gasteiger partial charge is 0.246 e. The Morgan fingerprint density at radius 3 is 2.45 bits per heavy atom. The van der Waals surface area contributed by atoms with Gasteiger partial charge in [0.2, 0.25) is 9.05 Å². The highest BCUT2D eigenvalue weighted by Crippen LogP contribution is 2.34. The number of hydrogen-bond acceptors (Lipinski definition) is 2. The molecule has 2 nitrogen and oxygen atoms in total. The monoisotopic (exact) mass is 200 g/mol. The molecular formula is C6H10ClFO2S. The predicted molar refractivity (Wildman–Crippen MR) is 41.9 cm³/mol. The summed E-state index contributed by atoms with van der Waals surface area (Å²) in [5, 5.41) is 0. The van der Waals surface area contributed by atoms with Gasteiger partial charge in [-0.1, -0.05) is 12.8 Å². The van der Waals surface area contributed by atoms with Crippen molar-refractivity contribution in [1.29, 1.82) is 0 Å². The normalized spacial score (nSPS) is 21.6. The van der Waals surface area contributed by atoms with Crippen LogP contribution in [0.2, 0.25) is 0 Å². The lowest BCUT2D eigenvalue weighted by molar-refractivity contribution is 0.329. The molecule has 0 aromatic carbocycles. The quantitative estimate of drug-likeness (QED) is 0.648. The third-order valence-electron chi connectivity index (χ3n) is 1.67. The topological polar surface area (TPSA) is 34.1 Å². The Balaban J connectivity index is 2.24. The number of rotatable bonds is 4. The number of halogens is 2. The van der Waals surface area contributed by atoms with Crippen LogP contribution in [0.3, 0.4) is 0 Å². The van der Waals surface area contributed by atoms with Crippen molar-refractivity contribution < 1.29 is 12.8 Å². The van der Waals surface area contributed by atoms with Gasteiger partial charge in [-0.25, -0.2) is 12.8 Å². The van der Waals surface area contributed by atoms with Crippen molar-refractivity contribution in [3.8, 4) is 0 Å². The van der Waals surface area contributed by atoms with Crippen LogP contribution in [0.4, 0.5) is 4.39 Å². The number of alkyl halides is 1. The molecule has 0 N–H and O–H groups in total. The van der Waals surface area contributed by atoms with Crippen molar-refractivity contribution >= 4 is 19.7 Å². The molecule has 1 aliphatic carbocycles. The van der Waals surface area contributed by atoms with Gasteiger partial charge in [0.05, 0.1) is 5.75 Å². The summed E-state index contributed by atoms with van der Waals surface area (Å²) in [5.74, 6) is -0.131. The van der Waals surface area contributed by atoms with E-state index in [9.17, 15) is 12.8 Å². The van der Waals surface area contributed by atoms with E-state index in [0.717, 1.165) is 12.8 Å². The molecule has 1 unspecified atom stereocenters. The molecular weight excluding hydrogens is 191 g/mol. The lowest BCUT2D eigenvalue weighted by Gasteiger charge is -2.02. The zero-order chi connectivity index (χ0) is 8.48. The molecule has 0 heterocycles. The van der Waals surface area contributed by atoms with Gasteiger partial charge in [-0.15, -0.1) is 0 Å². The summed E-state index contributed by atoms with van der Waals surface area (Å²) < 4.78 is 33.5. The van der Waals surface area contributed by atoms with Gasteiger partial charge in [0, 0.05) is 10.7 Å². The van der Waals surface area contributed by atoms with E-state index in [1.54, 1.807) is 0 Å². The highest BCUT2D eigenvalue weighted by atomic mass is 35.7. The van der Waals surface area contributed by atoms with Gasteiger partial charge in [-0.2, -0.15) is 0 Å². The molecule has 1 aliphatic rings. The zero-order valence-corrected chi connectivity index (χ0v) is 7.54. The van der Waals surface area contributed by atoms with Crippen molar-refractivity contribution in [2.75, 3.05) is 5.75 Å². The molecule has 0 saturated heterocycles. The van der Waals surface area contributed by atoms with Crippen molar-refractivity contribution in [2.45, 2.75) is 25.4 Å². The van der Waals surface area contributed by atoms with Gasteiger partial charge in [-0.05, 0) is 12.3 Å². The Hall–Kier alpha value is 0.170. The Labute approximate surface area is 70.2 Å². The molecule has 11 heavy (non-hydrogen) atoms. The van der Waals surface area contributed by atoms with Gasteiger partial charge in [0.1, 0.15) is 6.17 Å². The van der Waals surface area contributed by atoms with E-state index < -0.39 is 21.0 Å². The van der Waals surface area contributed by atoms with E-state index >= 15 is 0 Å². The molecule has 1 fully saturated rings. The van der Waals surface area contributed by atoms with E-state index in [-0.39, 0.29) is 0 Å². The average Bonchev–Trinajstić information content (AvgIpc) is 2.42. The second-order valence-corrected chi connectivity index (χ2v) is 5.80. The fraction of sp³-hybridized carbons (Fsp3) is 1.00. The molecule has 1 rings (SSSR count). The van der Waals surface area contributed by atoms with Crippen LogP contribution in [0.5, 0.6) is 0 Å². The SMILES string of the molecule is O=S(=O)(Cl)CC(F)CC1CC1. The van der Waals surface area contributed by atoms with Crippen LogP contribution in [0, 0.1) is 5.92 Å². The zero-order valence-electron chi connectivity index (χ0n) is 5.96. The van der Waals surface area contributed by atoms with Gasteiger partial charge in [0.25, 0.3) is 0 Å². The van der Waals surface area contributed by atoms with Crippen LogP contribution in [0.15, 0.2) is 0 Å². The Bertz CT molecular complexity index is 223. The maximum absolute atomic E-state index is 12.7. The molecule has 0 aromatic heterocycles. The van der Waals surface area contributed by atoms with E-state index in [1.807, 2.05) is 0 Å². The van der Waals surface area contributed by atoms with Gasteiger partial charge >= 0.3 is 0 Å². The van der Waals surface area contributed by atoms with Gasteiger partial charge in [0.15, 0.2) is 0 Å². The van der Waals surface area contributed by atoms with Crippen LogP contribution in [-0.4, -0.2) is 20.3 Å². The van der Waals surface area contributed by atoms with E-state index in [1.165, 1.54) is 0 Å². The molecule has 0 spiro atoms. The highest BCUT2D eigenvalue weighted by molar-refractivity contribution is 8.13. The molecule has 0 aliphatic heterocycles. The third kappa shape index (κ3) is 4.58. The molecule has 0 amide bonds. The minimum Gasteiger partial charge on any atom is -0.246 e. The molecule has 1 saturated carbocycles. The van der Waals surface area contributed by atoms with Crippen molar-refractivity contribution in [1.82, 2.24) is 0 Å². The summed E-state index contributed by atoms with van der Waals surface area (Å²) in [6, 6.07) is 0. The summed E-state index contributed by atoms with van der Waals surface area (Å²) in [7, 11) is 1.22. The molecule has 0 radical (unpaired) electrons. The number of hydrogen-bond donors (Lipinski definition) is 0. The maximum Gasteiger partial charge on any atom is 0.235 e. The van der Waals surface area contributed by atoms with Crippen molar-refractivity contribution in [2.24, 2.45) is 5.92 Å². The smallest absolute Gasteiger partial charge is 0.235 e. The molecule has 0 aromatic rings. The lowest BCUT2D eigenvalue weighted by Crippen LogP contribution is -2.13. The van der Waals surface area contributed by atoms with Crippen LogP contribution in [0.25, 0.3) is 0 Å². The Morgan fingerprint density at radius 1 is 1.55 bits per heavy atom. The predicted octanol–water partition coefficient (Wildman–Crippen LogP) is 1.69. The first-order valence-electron chi connectivity index (χ1n) is 3.54. The molecule has 0 bridgehead atoms. The maximum atomic E-state index is 12.7. The first kappa shape index (κ1) is 9.26. The standard InChI is InChI=1S/C6H10ClFO2S/c7-11(9,10)4-6(8)3-5-1-2-5/h5-6H,1-4H2. The fourth-order valence-electron chi connectivity index (χ4n) is 0.999. The molecule has 1 atom stereocenters. The van der Waals surface area contributed by atoms with Crippen LogP contribution in [-0.2, 0) is 9.05 Å². The summed E-state index contributed by atoms with van der Waals surface area (Å²) in [6.07, 6.45) is 1.14. The van der Waals surface area contributed by atoms with Crippen molar-refractivity contribution in [3.63, 3.8) is 0 Å². The second-order valence-electron chi connectivity index (χ2n) is 2.98. The second kappa shape index (κ2) is 3.27. The first-order chi connectivity index (χ1) is 4.97. The summed E-state index contributed by atoms with van der Waals surface area (Å²) in [6.45, 7) is 0. The summed E-state index contributed by atoms with van der Waals surface area (Å²) >= 11 is 0. The third-order valence-corrected chi connectivity index (χ3v) is 2.80. The average molecular weight is 201 g/mol. The molecule has 5 heteroatoms. The Morgan fingerprint density at radius 2 is 2.09 bits per heavy atom. The minimum absolute atomic E-state index is 0.353. The van der Waals surface area contributed by atoms with E-state index in [2.05, 4.69) is 0 Å².